The fourth-order valence-corrected chi connectivity index (χ4v) is 2.19. The van der Waals surface area contributed by atoms with Crippen LogP contribution in [0.2, 0.25) is 0 Å². The van der Waals surface area contributed by atoms with Crippen molar-refractivity contribution in [1.29, 1.82) is 0 Å². The van der Waals surface area contributed by atoms with E-state index >= 15 is 0 Å². The molecule has 4 nitrogen and oxygen atoms in total. The van der Waals surface area contributed by atoms with Gasteiger partial charge in [-0.15, -0.1) is 11.8 Å². The van der Waals surface area contributed by atoms with E-state index in [1.165, 1.54) is 11.8 Å². The highest BCUT2D eigenvalue weighted by atomic mass is 32.2. The predicted octanol–water partition coefficient (Wildman–Crippen LogP) is 2.77. The van der Waals surface area contributed by atoms with E-state index in [-0.39, 0.29) is 11.8 Å². The number of hydrogen-bond acceptors (Lipinski definition) is 4. The second-order valence-corrected chi connectivity index (χ2v) is 5.26. The predicted molar refractivity (Wildman–Crippen MR) is 75.3 cm³/mol. The number of aryl methyl sites for hydroxylation is 1. The lowest BCUT2D eigenvalue weighted by Gasteiger charge is -2.13. The molecular formula is C13H21N3OS. The molecule has 18 heavy (non-hydrogen) atoms. The van der Waals surface area contributed by atoms with Gasteiger partial charge in [-0.25, -0.2) is 9.97 Å². The van der Waals surface area contributed by atoms with E-state index in [1.54, 1.807) is 0 Å². The molecule has 1 amide bonds. The number of carbonyl (C=O) groups excluding carboxylic acids is 1. The van der Waals surface area contributed by atoms with E-state index in [1.807, 2.05) is 20.1 Å². The Bertz CT molecular complexity index is 432. The molecule has 0 aliphatic rings. The van der Waals surface area contributed by atoms with Crippen molar-refractivity contribution in [2.75, 3.05) is 12.8 Å². The molecule has 0 aliphatic carbocycles. The molecule has 1 N–H and O–H groups in total. The van der Waals surface area contributed by atoms with Crippen LogP contribution in [-0.4, -0.2) is 28.7 Å². The largest absolute Gasteiger partial charge is 0.352 e. The van der Waals surface area contributed by atoms with Gasteiger partial charge in [-0.3, -0.25) is 4.79 Å². The summed E-state index contributed by atoms with van der Waals surface area (Å²) >= 11 is 1.49. The van der Waals surface area contributed by atoms with Gasteiger partial charge in [0.05, 0.1) is 11.3 Å². The fourth-order valence-electron chi connectivity index (χ4n) is 1.56. The number of nitrogens with zero attached hydrogens (tertiary/aromatic N) is 2. The van der Waals surface area contributed by atoms with E-state index in [0.29, 0.717) is 12.1 Å². The molecule has 0 aromatic carbocycles. The van der Waals surface area contributed by atoms with Gasteiger partial charge < -0.3 is 5.32 Å². The maximum absolute atomic E-state index is 12.1. The zero-order valence-electron chi connectivity index (χ0n) is 11.7. The second-order valence-electron chi connectivity index (χ2n) is 4.46. The minimum atomic E-state index is -0.0750. The van der Waals surface area contributed by atoms with Crippen LogP contribution in [0.5, 0.6) is 0 Å². The zero-order chi connectivity index (χ0) is 13.7. The molecule has 1 aromatic heterocycles. The fraction of sp³-hybridized carbons (Fsp3) is 0.615. The van der Waals surface area contributed by atoms with Gasteiger partial charge in [0.2, 0.25) is 0 Å². The Balaban J connectivity index is 3.14. The van der Waals surface area contributed by atoms with Crippen molar-refractivity contribution >= 4 is 17.7 Å². The van der Waals surface area contributed by atoms with Crippen LogP contribution in [0.3, 0.4) is 0 Å². The van der Waals surface area contributed by atoms with Crippen molar-refractivity contribution in [3.05, 3.63) is 17.1 Å². The molecule has 1 aromatic rings. The molecule has 0 saturated heterocycles. The molecule has 0 saturated carbocycles. The van der Waals surface area contributed by atoms with Crippen molar-refractivity contribution in [1.82, 2.24) is 15.3 Å². The summed E-state index contributed by atoms with van der Waals surface area (Å²) in [4.78, 5) is 21.0. The third-order valence-electron chi connectivity index (χ3n) is 2.55. The number of carbonyl (C=O) groups is 1. The van der Waals surface area contributed by atoms with Gasteiger partial charge in [-0.1, -0.05) is 20.8 Å². The molecule has 100 valence electrons. The van der Waals surface area contributed by atoms with Crippen LogP contribution in [0.25, 0.3) is 0 Å². The maximum atomic E-state index is 12.1. The van der Waals surface area contributed by atoms with Gasteiger partial charge in [0.1, 0.15) is 10.9 Å². The third-order valence-corrected chi connectivity index (χ3v) is 3.23. The monoisotopic (exact) mass is 267 g/mol. The Morgan fingerprint density at radius 2 is 2.06 bits per heavy atom. The van der Waals surface area contributed by atoms with E-state index in [0.717, 1.165) is 23.0 Å². The summed E-state index contributed by atoms with van der Waals surface area (Å²) in [7, 11) is 0. The SMILES string of the molecule is CCCNC(=O)c1c(C)nc(C(C)C)nc1SC. The summed E-state index contributed by atoms with van der Waals surface area (Å²) in [5, 5.41) is 3.64. The van der Waals surface area contributed by atoms with Crippen LogP contribution < -0.4 is 5.32 Å². The highest BCUT2D eigenvalue weighted by molar-refractivity contribution is 7.98. The standard InChI is InChI=1S/C13H21N3OS/c1-6-7-14-12(17)10-9(4)15-11(8(2)3)16-13(10)18-5/h8H,6-7H2,1-5H3,(H,14,17). The van der Waals surface area contributed by atoms with Crippen molar-refractivity contribution < 1.29 is 4.79 Å². The molecule has 0 unspecified atom stereocenters. The topological polar surface area (TPSA) is 54.9 Å². The average Bonchev–Trinajstić information content (AvgIpc) is 2.34. The van der Waals surface area contributed by atoms with Crippen LogP contribution in [0, 0.1) is 6.92 Å². The normalized spacial score (nSPS) is 10.8. The van der Waals surface area contributed by atoms with Gasteiger partial charge in [0.15, 0.2) is 0 Å². The van der Waals surface area contributed by atoms with E-state index < -0.39 is 0 Å². The molecule has 0 atom stereocenters. The summed E-state index contributed by atoms with van der Waals surface area (Å²) in [6.45, 7) is 8.68. The molecule has 0 spiro atoms. The molecular weight excluding hydrogens is 246 g/mol. The summed E-state index contributed by atoms with van der Waals surface area (Å²) in [5.41, 5.74) is 1.37. The molecule has 1 heterocycles. The summed E-state index contributed by atoms with van der Waals surface area (Å²) in [5.74, 6) is 0.986. The maximum Gasteiger partial charge on any atom is 0.255 e. The first kappa shape index (κ1) is 15.0. The first-order valence-electron chi connectivity index (χ1n) is 6.21. The Labute approximate surface area is 113 Å². The minimum Gasteiger partial charge on any atom is -0.352 e. The van der Waals surface area contributed by atoms with Gasteiger partial charge in [0.25, 0.3) is 5.91 Å². The van der Waals surface area contributed by atoms with Crippen molar-refractivity contribution in [3.8, 4) is 0 Å². The Hall–Kier alpha value is -1.10. The zero-order valence-corrected chi connectivity index (χ0v) is 12.5. The smallest absolute Gasteiger partial charge is 0.255 e. The number of amides is 1. The second kappa shape index (κ2) is 6.73. The summed E-state index contributed by atoms with van der Waals surface area (Å²) < 4.78 is 0. The van der Waals surface area contributed by atoms with Gasteiger partial charge in [-0.05, 0) is 19.6 Å². The molecule has 5 heteroatoms. The van der Waals surface area contributed by atoms with Crippen LogP contribution in [0.4, 0.5) is 0 Å². The van der Waals surface area contributed by atoms with Crippen LogP contribution >= 0.6 is 11.8 Å². The first-order chi connectivity index (χ1) is 8.51. The number of aromatic nitrogens is 2. The Kier molecular flexibility index (Phi) is 5.59. The molecule has 0 bridgehead atoms. The molecule has 0 radical (unpaired) electrons. The van der Waals surface area contributed by atoms with E-state index in [2.05, 4.69) is 29.1 Å². The number of rotatable bonds is 5. The number of hydrogen-bond donors (Lipinski definition) is 1. The lowest BCUT2D eigenvalue weighted by atomic mass is 10.1. The van der Waals surface area contributed by atoms with E-state index in [4.69, 9.17) is 0 Å². The summed E-state index contributed by atoms with van der Waals surface area (Å²) in [6, 6.07) is 0. The minimum absolute atomic E-state index is 0.0750. The van der Waals surface area contributed by atoms with Crippen molar-refractivity contribution in [2.45, 2.75) is 45.1 Å². The highest BCUT2D eigenvalue weighted by Gasteiger charge is 2.18. The lowest BCUT2D eigenvalue weighted by molar-refractivity contribution is 0.0948. The third kappa shape index (κ3) is 3.45. The first-order valence-corrected chi connectivity index (χ1v) is 7.44. The Morgan fingerprint density at radius 3 is 2.56 bits per heavy atom. The van der Waals surface area contributed by atoms with Crippen LogP contribution in [0.15, 0.2) is 5.03 Å². The van der Waals surface area contributed by atoms with Crippen molar-refractivity contribution in [2.24, 2.45) is 0 Å². The molecule has 0 fully saturated rings. The van der Waals surface area contributed by atoms with Crippen molar-refractivity contribution in [3.63, 3.8) is 0 Å². The number of thioether (sulfide) groups is 1. The lowest BCUT2D eigenvalue weighted by Crippen LogP contribution is -2.26. The number of nitrogens with one attached hydrogen (secondary N) is 1. The van der Waals surface area contributed by atoms with Gasteiger partial charge in [-0.2, -0.15) is 0 Å². The van der Waals surface area contributed by atoms with E-state index in [9.17, 15) is 4.79 Å². The van der Waals surface area contributed by atoms with Crippen LogP contribution in [0.1, 0.15) is 55.0 Å². The molecule has 0 aliphatic heterocycles. The highest BCUT2D eigenvalue weighted by Crippen LogP contribution is 2.22. The Morgan fingerprint density at radius 1 is 1.39 bits per heavy atom. The average molecular weight is 267 g/mol. The van der Waals surface area contributed by atoms with Gasteiger partial charge in [0, 0.05) is 12.5 Å². The quantitative estimate of drug-likeness (QED) is 0.658. The van der Waals surface area contributed by atoms with Gasteiger partial charge >= 0.3 is 0 Å². The summed E-state index contributed by atoms with van der Waals surface area (Å²) in [6.07, 6.45) is 2.85. The van der Waals surface area contributed by atoms with Crippen LogP contribution in [-0.2, 0) is 0 Å². The molecule has 1 rings (SSSR count).